The van der Waals surface area contributed by atoms with Gasteiger partial charge in [0.1, 0.15) is 12.2 Å². The summed E-state index contributed by atoms with van der Waals surface area (Å²) >= 11 is 0. The number of benzene rings is 3. The molecule has 33 heavy (non-hydrogen) atoms. The van der Waals surface area contributed by atoms with Crippen molar-refractivity contribution in [1.29, 1.82) is 0 Å². The van der Waals surface area contributed by atoms with Crippen LogP contribution in [-0.4, -0.2) is 35.5 Å². The topological polar surface area (TPSA) is 96.9 Å². The van der Waals surface area contributed by atoms with Crippen LogP contribution in [0.3, 0.4) is 0 Å². The minimum atomic E-state index is -0.845. The van der Waals surface area contributed by atoms with Gasteiger partial charge < -0.3 is 25.2 Å². The highest BCUT2D eigenvalue weighted by Gasteiger charge is 2.29. The number of ether oxygens (including phenoxy) is 2. The van der Waals surface area contributed by atoms with Crippen molar-refractivity contribution in [3.05, 3.63) is 83.9 Å². The first-order valence-corrected chi connectivity index (χ1v) is 10.8. The summed E-state index contributed by atoms with van der Waals surface area (Å²) in [5.74, 6) is 0. The molecule has 0 aliphatic heterocycles. The first kappa shape index (κ1) is 24.1. The lowest BCUT2D eigenvalue weighted by molar-refractivity contribution is 0.0477. The van der Waals surface area contributed by atoms with Crippen LogP contribution in [0.1, 0.15) is 37.9 Å². The van der Waals surface area contributed by atoms with Gasteiger partial charge in [-0.15, -0.1) is 0 Å². The van der Waals surface area contributed by atoms with Crippen molar-refractivity contribution in [2.75, 3.05) is 6.61 Å². The lowest BCUT2D eigenvalue weighted by Gasteiger charge is -2.29. The summed E-state index contributed by atoms with van der Waals surface area (Å²) in [6.07, 6.45) is -1.35. The maximum absolute atomic E-state index is 12.6. The van der Waals surface area contributed by atoms with Crippen LogP contribution in [0.25, 0.3) is 10.8 Å². The van der Waals surface area contributed by atoms with E-state index in [0.717, 1.165) is 16.3 Å². The summed E-state index contributed by atoms with van der Waals surface area (Å²) in [5.41, 5.74) is 0.850. The Kier molecular flexibility index (Phi) is 7.90. The van der Waals surface area contributed by atoms with E-state index in [0.29, 0.717) is 5.56 Å². The SMILES string of the molecule is CC(C)(C)OC(=O)N[C@H](c1ccc2ccccc2c1)[C@H](CO)NC(=O)OCc1ccccc1. The molecular formula is C26H30N2O5. The first-order chi connectivity index (χ1) is 15.7. The maximum Gasteiger partial charge on any atom is 0.408 e. The minimum absolute atomic E-state index is 0.0883. The molecule has 3 aromatic rings. The van der Waals surface area contributed by atoms with Crippen molar-refractivity contribution in [2.24, 2.45) is 0 Å². The third-order valence-corrected chi connectivity index (χ3v) is 4.92. The Morgan fingerprint density at radius 3 is 2.21 bits per heavy atom. The molecule has 0 radical (unpaired) electrons. The van der Waals surface area contributed by atoms with Crippen LogP contribution < -0.4 is 10.6 Å². The molecule has 174 valence electrons. The fourth-order valence-electron chi connectivity index (χ4n) is 3.40. The molecule has 0 fully saturated rings. The van der Waals surface area contributed by atoms with E-state index >= 15 is 0 Å². The third-order valence-electron chi connectivity index (χ3n) is 4.92. The number of amides is 2. The normalized spacial score (nSPS) is 13.1. The molecule has 2 amide bonds. The van der Waals surface area contributed by atoms with Gasteiger partial charge in [-0.05, 0) is 48.7 Å². The average Bonchev–Trinajstić information content (AvgIpc) is 2.79. The van der Waals surface area contributed by atoms with E-state index in [4.69, 9.17) is 9.47 Å². The second kappa shape index (κ2) is 10.8. The molecule has 3 aromatic carbocycles. The summed E-state index contributed by atoms with van der Waals surface area (Å²) in [5, 5.41) is 17.6. The molecule has 7 heteroatoms. The van der Waals surface area contributed by atoms with Gasteiger partial charge in [-0.3, -0.25) is 0 Å². The number of carbonyl (C=O) groups excluding carboxylic acids is 2. The van der Waals surface area contributed by atoms with Crippen LogP contribution in [-0.2, 0) is 16.1 Å². The highest BCUT2D eigenvalue weighted by Crippen LogP contribution is 2.24. The fourth-order valence-corrected chi connectivity index (χ4v) is 3.40. The zero-order chi connectivity index (χ0) is 23.8. The largest absolute Gasteiger partial charge is 0.445 e. The quantitative estimate of drug-likeness (QED) is 0.485. The summed E-state index contributed by atoms with van der Waals surface area (Å²) < 4.78 is 10.7. The number of hydrogen-bond donors (Lipinski definition) is 3. The number of aliphatic hydroxyl groups is 1. The molecule has 0 bridgehead atoms. The number of alkyl carbamates (subject to hydrolysis) is 2. The number of rotatable bonds is 7. The molecule has 7 nitrogen and oxygen atoms in total. The van der Waals surface area contributed by atoms with Crippen molar-refractivity contribution >= 4 is 23.0 Å². The second-order valence-electron chi connectivity index (χ2n) is 8.73. The minimum Gasteiger partial charge on any atom is -0.445 e. The Morgan fingerprint density at radius 1 is 0.879 bits per heavy atom. The van der Waals surface area contributed by atoms with Crippen molar-refractivity contribution in [2.45, 2.75) is 45.1 Å². The number of aliphatic hydroxyl groups excluding tert-OH is 1. The van der Waals surface area contributed by atoms with Crippen molar-refractivity contribution in [3.8, 4) is 0 Å². The van der Waals surface area contributed by atoms with Crippen LogP contribution in [0.4, 0.5) is 9.59 Å². The standard InChI is InChI=1S/C26H30N2O5/c1-26(2,3)33-25(31)28-23(21-14-13-19-11-7-8-12-20(19)15-21)22(16-29)27-24(30)32-17-18-9-5-4-6-10-18/h4-15,22-23,29H,16-17H2,1-3H3,(H,27,30)(H,28,31)/t22-,23+/m0/s1. The van der Waals surface area contributed by atoms with E-state index in [9.17, 15) is 14.7 Å². The Labute approximate surface area is 193 Å². The molecule has 3 rings (SSSR count). The fraction of sp³-hybridized carbons (Fsp3) is 0.308. The predicted molar refractivity (Wildman–Crippen MR) is 127 cm³/mol. The molecule has 0 aliphatic carbocycles. The van der Waals surface area contributed by atoms with Gasteiger partial charge in [0.05, 0.1) is 18.7 Å². The number of carbonyl (C=O) groups is 2. The van der Waals surface area contributed by atoms with Gasteiger partial charge in [0, 0.05) is 0 Å². The van der Waals surface area contributed by atoms with Crippen LogP contribution in [0.2, 0.25) is 0 Å². The molecule has 0 aliphatic rings. The molecule has 3 N–H and O–H groups in total. The third kappa shape index (κ3) is 7.22. The van der Waals surface area contributed by atoms with Crippen molar-refractivity contribution in [3.63, 3.8) is 0 Å². The maximum atomic E-state index is 12.6. The van der Waals surface area contributed by atoms with Gasteiger partial charge >= 0.3 is 12.2 Å². The highest BCUT2D eigenvalue weighted by molar-refractivity contribution is 5.83. The monoisotopic (exact) mass is 450 g/mol. The highest BCUT2D eigenvalue weighted by atomic mass is 16.6. The van der Waals surface area contributed by atoms with E-state index in [-0.39, 0.29) is 6.61 Å². The second-order valence-corrected chi connectivity index (χ2v) is 8.73. The number of hydrogen-bond acceptors (Lipinski definition) is 5. The summed E-state index contributed by atoms with van der Waals surface area (Å²) in [7, 11) is 0. The smallest absolute Gasteiger partial charge is 0.408 e. The van der Waals surface area contributed by atoms with Gasteiger partial charge in [-0.25, -0.2) is 9.59 Å². The van der Waals surface area contributed by atoms with Crippen molar-refractivity contribution in [1.82, 2.24) is 10.6 Å². The van der Waals surface area contributed by atoms with E-state index in [1.54, 1.807) is 20.8 Å². The summed E-state index contributed by atoms with van der Waals surface area (Å²) in [6, 6.07) is 21.2. The lowest BCUT2D eigenvalue weighted by Crippen LogP contribution is -2.49. The van der Waals surface area contributed by atoms with Crippen LogP contribution in [0.5, 0.6) is 0 Å². The average molecular weight is 451 g/mol. The molecule has 0 heterocycles. The zero-order valence-corrected chi connectivity index (χ0v) is 19.1. The molecular weight excluding hydrogens is 420 g/mol. The van der Waals surface area contributed by atoms with E-state index in [1.807, 2.05) is 72.8 Å². The summed E-state index contributed by atoms with van der Waals surface area (Å²) in [4.78, 5) is 25.0. The molecule has 0 saturated carbocycles. The Bertz CT molecular complexity index is 1080. The molecule has 0 saturated heterocycles. The van der Waals surface area contributed by atoms with Gasteiger partial charge in [0.2, 0.25) is 0 Å². The number of nitrogens with one attached hydrogen (secondary N) is 2. The molecule has 0 unspecified atom stereocenters. The van der Waals surface area contributed by atoms with E-state index in [1.165, 1.54) is 0 Å². The summed E-state index contributed by atoms with van der Waals surface area (Å²) in [6.45, 7) is 4.96. The Hall–Kier alpha value is -3.58. The van der Waals surface area contributed by atoms with Crippen molar-refractivity contribution < 1.29 is 24.2 Å². The van der Waals surface area contributed by atoms with Gasteiger partial charge in [0.25, 0.3) is 0 Å². The number of fused-ring (bicyclic) bond motifs is 1. The van der Waals surface area contributed by atoms with Gasteiger partial charge in [0.15, 0.2) is 0 Å². The van der Waals surface area contributed by atoms with E-state index < -0.39 is 36.5 Å². The van der Waals surface area contributed by atoms with Gasteiger partial charge in [-0.1, -0.05) is 66.7 Å². The zero-order valence-electron chi connectivity index (χ0n) is 19.1. The molecule has 0 aromatic heterocycles. The van der Waals surface area contributed by atoms with Crippen LogP contribution >= 0.6 is 0 Å². The Morgan fingerprint density at radius 2 is 1.55 bits per heavy atom. The Balaban J connectivity index is 1.80. The predicted octanol–water partition coefficient (Wildman–Crippen LogP) is 4.69. The molecule has 2 atom stereocenters. The molecule has 0 spiro atoms. The van der Waals surface area contributed by atoms with Gasteiger partial charge in [-0.2, -0.15) is 0 Å². The van der Waals surface area contributed by atoms with E-state index in [2.05, 4.69) is 10.6 Å². The van der Waals surface area contributed by atoms with Crippen LogP contribution in [0.15, 0.2) is 72.8 Å². The first-order valence-electron chi connectivity index (χ1n) is 10.8. The lowest BCUT2D eigenvalue weighted by atomic mass is 9.97. The van der Waals surface area contributed by atoms with Crippen LogP contribution in [0, 0.1) is 0 Å².